The molecule has 0 amide bonds. The van der Waals surface area contributed by atoms with Gasteiger partial charge in [0.05, 0.1) is 17.1 Å². The van der Waals surface area contributed by atoms with Gasteiger partial charge in [0.2, 0.25) is 0 Å². The van der Waals surface area contributed by atoms with Gasteiger partial charge in [-0.25, -0.2) is 0 Å². The molecule has 0 saturated heterocycles. The Morgan fingerprint density at radius 3 is 1.87 bits per heavy atom. The summed E-state index contributed by atoms with van der Waals surface area (Å²) in [4.78, 5) is 0. The Morgan fingerprint density at radius 1 is 0.418 bits per heavy atom. The Hall–Kier alpha value is -6.94. The maximum absolute atomic E-state index is 3.95. The Bertz CT molecular complexity index is 3090. The maximum Gasteiger partial charge on any atom is 0.104 e. The quantitative estimate of drug-likeness (QED) is 0.175. The monoisotopic (exact) mass is 703 g/mol. The topological polar surface area (TPSA) is 29.0 Å². The molecule has 3 heteroatoms. The van der Waals surface area contributed by atoms with Gasteiger partial charge in [0.15, 0.2) is 0 Å². The van der Waals surface area contributed by atoms with Gasteiger partial charge in [-0.3, -0.25) is 5.32 Å². The highest BCUT2D eigenvalue weighted by atomic mass is 15.2. The van der Waals surface area contributed by atoms with E-state index in [2.05, 4.69) is 215 Å². The second kappa shape index (κ2) is 12.9. The van der Waals surface area contributed by atoms with E-state index in [0.29, 0.717) is 0 Å². The molecule has 2 N–H and O–H groups in total. The summed E-state index contributed by atoms with van der Waals surface area (Å²) in [5.74, 6) is 0. The molecule has 1 aromatic heterocycles. The lowest BCUT2D eigenvalue weighted by molar-refractivity contribution is 0.442. The SMILES string of the molecule is C1=C(c2ccc(-c3ccccc3)cc2)NC(c2cccc(-n3c4ccccc4c4c5c6ccccc6ccc5c5ccccc5c43)c2)NC1c1ccccc1. The molecule has 3 nitrogen and oxygen atoms in total. The van der Waals surface area contributed by atoms with Crippen molar-refractivity contribution in [2.75, 3.05) is 0 Å². The number of nitrogens with zero attached hydrogens (tertiary/aromatic N) is 1. The number of hydrogen-bond acceptors (Lipinski definition) is 2. The molecule has 2 unspecified atom stereocenters. The van der Waals surface area contributed by atoms with Crippen LogP contribution in [0.2, 0.25) is 0 Å². The number of nitrogens with one attached hydrogen (secondary N) is 2. The lowest BCUT2D eigenvalue weighted by Crippen LogP contribution is -2.39. The molecule has 0 bridgehead atoms. The summed E-state index contributed by atoms with van der Waals surface area (Å²) in [6, 6.07) is 70.5. The van der Waals surface area contributed by atoms with Crippen LogP contribution >= 0.6 is 0 Å². The summed E-state index contributed by atoms with van der Waals surface area (Å²) >= 11 is 0. The van der Waals surface area contributed by atoms with Crippen molar-refractivity contribution in [1.29, 1.82) is 0 Å². The molecule has 0 fully saturated rings. The van der Waals surface area contributed by atoms with Gasteiger partial charge in [-0.05, 0) is 73.6 Å². The van der Waals surface area contributed by atoms with Crippen LogP contribution in [-0.2, 0) is 0 Å². The molecule has 1 aliphatic rings. The fourth-order valence-electron chi connectivity index (χ4n) is 8.87. The molecular formula is C52H37N3. The van der Waals surface area contributed by atoms with E-state index in [1.54, 1.807) is 0 Å². The number of aromatic nitrogens is 1. The van der Waals surface area contributed by atoms with Crippen molar-refractivity contribution >= 4 is 59.8 Å². The molecular weight excluding hydrogens is 667 g/mol. The molecule has 10 aromatic rings. The van der Waals surface area contributed by atoms with Gasteiger partial charge in [0.25, 0.3) is 0 Å². The zero-order valence-electron chi connectivity index (χ0n) is 30.2. The van der Waals surface area contributed by atoms with Crippen molar-refractivity contribution in [2.24, 2.45) is 0 Å². The fraction of sp³-hybridized carbons (Fsp3) is 0.0385. The molecule has 11 rings (SSSR count). The molecule has 2 heterocycles. The van der Waals surface area contributed by atoms with Crippen molar-refractivity contribution in [3.8, 4) is 16.8 Å². The van der Waals surface area contributed by atoms with Gasteiger partial charge < -0.3 is 9.88 Å². The molecule has 1 aliphatic heterocycles. The van der Waals surface area contributed by atoms with E-state index in [1.807, 2.05) is 0 Å². The van der Waals surface area contributed by atoms with E-state index in [-0.39, 0.29) is 12.2 Å². The predicted octanol–water partition coefficient (Wildman–Crippen LogP) is 12.9. The highest BCUT2D eigenvalue weighted by Gasteiger charge is 2.26. The number of para-hydroxylation sites is 1. The van der Waals surface area contributed by atoms with Gasteiger partial charge in [-0.1, -0.05) is 176 Å². The summed E-state index contributed by atoms with van der Waals surface area (Å²) in [5, 5.41) is 18.1. The zero-order chi connectivity index (χ0) is 36.3. The Labute approximate surface area is 319 Å². The van der Waals surface area contributed by atoms with Crippen molar-refractivity contribution in [3.63, 3.8) is 0 Å². The van der Waals surface area contributed by atoms with Crippen molar-refractivity contribution in [2.45, 2.75) is 12.2 Å². The van der Waals surface area contributed by atoms with Gasteiger partial charge in [-0.15, -0.1) is 0 Å². The highest BCUT2D eigenvalue weighted by Crippen LogP contribution is 2.45. The first-order valence-corrected chi connectivity index (χ1v) is 19.1. The van der Waals surface area contributed by atoms with Crippen LogP contribution in [0.5, 0.6) is 0 Å². The first kappa shape index (κ1) is 31.6. The van der Waals surface area contributed by atoms with Crippen LogP contribution in [-0.4, -0.2) is 4.57 Å². The lowest BCUT2D eigenvalue weighted by Gasteiger charge is -2.33. The van der Waals surface area contributed by atoms with Crippen LogP contribution in [0, 0.1) is 0 Å². The normalized spacial score (nSPS) is 15.8. The number of hydrogen-bond donors (Lipinski definition) is 2. The smallest absolute Gasteiger partial charge is 0.104 e. The van der Waals surface area contributed by atoms with Crippen LogP contribution in [0.25, 0.3) is 76.6 Å². The molecule has 0 radical (unpaired) electrons. The van der Waals surface area contributed by atoms with E-state index in [9.17, 15) is 0 Å². The van der Waals surface area contributed by atoms with E-state index >= 15 is 0 Å². The van der Waals surface area contributed by atoms with Crippen LogP contribution in [0.3, 0.4) is 0 Å². The van der Waals surface area contributed by atoms with Crippen LogP contribution in [0.15, 0.2) is 200 Å². The summed E-state index contributed by atoms with van der Waals surface area (Å²) in [7, 11) is 0. The lowest BCUT2D eigenvalue weighted by atomic mass is 9.93. The number of benzene rings is 9. The molecule has 2 atom stereocenters. The largest absolute Gasteiger partial charge is 0.366 e. The van der Waals surface area contributed by atoms with Gasteiger partial charge in [-0.2, -0.15) is 0 Å². The molecule has 9 aromatic carbocycles. The van der Waals surface area contributed by atoms with Crippen molar-refractivity contribution in [1.82, 2.24) is 15.2 Å². The summed E-state index contributed by atoms with van der Waals surface area (Å²) in [6.45, 7) is 0. The third-order valence-corrected chi connectivity index (χ3v) is 11.4. The van der Waals surface area contributed by atoms with Crippen molar-refractivity contribution < 1.29 is 0 Å². The summed E-state index contributed by atoms with van der Waals surface area (Å²) in [6.07, 6.45) is 2.19. The average molecular weight is 704 g/mol. The van der Waals surface area contributed by atoms with E-state index in [0.717, 1.165) is 16.9 Å². The van der Waals surface area contributed by atoms with Crippen LogP contribution in [0.4, 0.5) is 0 Å². The van der Waals surface area contributed by atoms with E-state index < -0.39 is 0 Å². The Kier molecular flexibility index (Phi) is 7.39. The average Bonchev–Trinajstić information content (AvgIpc) is 3.62. The van der Waals surface area contributed by atoms with Crippen LogP contribution < -0.4 is 10.6 Å². The van der Waals surface area contributed by atoms with E-state index in [1.165, 1.54) is 76.4 Å². The standard InChI is InChI=1S/C52H37N3/c1-3-14-34(15-4-1)35-26-28-38(29-27-35)47-33-46(37-17-5-2-6-18-37)53-52(54-47)39-19-13-20-40(32-39)55-48-25-12-11-24-45(48)50-49-41-21-8-7-16-36(41)30-31-43(49)42-22-9-10-23-44(42)51(50)55/h1-33,46,52-54H. The second-order valence-electron chi connectivity index (χ2n) is 14.6. The molecule has 0 aliphatic carbocycles. The maximum atomic E-state index is 3.95. The van der Waals surface area contributed by atoms with E-state index in [4.69, 9.17) is 0 Å². The summed E-state index contributed by atoms with van der Waals surface area (Å²) in [5.41, 5.74) is 10.7. The fourth-order valence-corrected chi connectivity index (χ4v) is 8.87. The molecule has 0 saturated carbocycles. The highest BCUT2D eigenvalue weighted by molar-refractivity contribution is 6.36. The number of rotatable bonds is 5. The first-order chi connectivity index (χ1) is 27.3. The predicted molar refractivity (Wildman–Crippen MR) is 231 cm³/mol. The van der Waals surface area contributed by atoms with Gasteiger partial charge in [0.1, 0.15) is 6.17 Å². The zero-order valence-corrected chi connectivity index (χ0v) is 30.2. The Morgan fingerprint density at radius 2 is 1.05 bits per heavy atom. The second-order valence-corrected chi connectivity index (χ2v) is 14.6. The van der Waals surface area contributed by atoms with Crippen molar-refractivity contribution in [3.05, 3.63) is 217 Å². The van der Waals surface area contributed by atoms with Gasteiger partial charge in [0, 0.05) is 32.9 Å². The van der Waals surface area contributed by atoms with Gasteiger partial charge >= 0.3 is 0 Å². The van der Waals surface area contributed by atoms with Crippen LogP contribution in [0.1, 0.15) is 28.9 Å². The first-order valence-electron chi connectivity index (χ1n) is 19.1. The molecule has 260 valence electrons. The third-order valence-electron chi connectivity index (χ3n) is 11.4. The molecule has 0 spiro atoms. The summed E-state index contributed by atoms with van der Waals surface area (Å²) < 4.78 is 2.49. The Balaban J connectivity index is 1.08. The molecule has 55 heavy (non-hydrogen) atoms. The third kappa shape index (κ3) is 5.24. The minimum Gasteiger partial charge on any atom is -0.366 e. The minimum atomic E-state index is -0.131. The number of fused-ring (bicyclic) bond motifs is 10. The minimum absolute atomic E-state index is 0.0248.